The molecule has 1 amide bonds. The van der Waals surface area contributed by atoms with E-state index >= 15 is 0 Å². The molecule has 0 aromatic heterocycles. The molecule has 0 radical (unpaired) electrons. The number of piperidine rings is 1. The van der Waals surface area contributed by atoms with E-state index in [2.05, 4.69) is 10.6 Å². The van der Waals surface area contributed by atoms with Crippen molar-refractivity contribution >= 4 is 5.91 Å². The largest absolute Gasteiger partial charge is 0.372 e. The highest BCUT2D eigenvalue weighted by atomic mass is 16.6. The van der Waals surface area contributed by atoms with E-state index in [0.717, 1.165) is 32.4 Å². The lowest BCUT2D eigenvalue weighted by molar-refractivity contribution is -0.135. The molecule has 18 heavy (non-hydrogen) atoms. The van der Waals surface area contributed by atoms with Crippen LogP contribution in [0.5, 0.6) is 0 Å². The summed E-state index contributed by atoms with van der Waals surface area (Å²) in [4.78, 5) is 11.6. The number of nitrogens with one attached hydrogen (secondary N) is 2. The lowest BCUT2D eigenvalue weighted by Gasteiger charge is -2.32. The van der Waals surface area contributed by atoms with Gasteiger partial charge in [-0.1, -0.05) is 0 Å². The molecule has 2 atom stereocenters. The Bertz CT molecular complexity index is 290. The van der Waals surface area contributed by atoms with Crippen molar-refractivity contribution in [2.45, 2.75) is 50.9 Å². The van der Waals surface area contributed by atoms with Crippen LogP contribution in [0, 0.1) is 0 Å². The Hall–Kier alpha value is -0.650. The standard InChI is InChI=1S/C13H24N2O3/c1-3-15-12(16)10(2)18-11-8-13(17-9-11)4-6-14-7-5-13/h10-11,14H,3-9H2,1-2H3,(H,15,16). The van der Waals surface area contributed by atoms with E-state index in [0.29, 0.717) is 13.2 Å². The fourth-order valence-corrected chi connectivity index (χ4v) is 2.79. The molecular weight excluding hydrogens is 232 g/mol. The van der Waals surface area contributed by atoms with Gasteiger partial charge in [0.15, 0.2) is 0 Å². The van der Waals surface area contributed by atoms with Crippen LogP contribution in [-0.2, 0) is 14.3 Å². The molecule has 104 valence electrons. The van der Waals surface area contributed by atoms with Crippen molar-refractivity contribution in [1.82, 2.24) is 10.6 Å². The topological polar surface area (TPSA) is 59.6 Å². The number of rotatable bonds is 4. The molecule has 2 aliphatic heterocycles. The Kier molecular flexibility index (Phi) is 4.59. The van der Waals surface area contributed by atoms with Crippen LogP contribution in [0.25, 0.3) is 0 Å². The van der Waals surface area contributed by atoms with Crippen LogP contribution in [0.3, 0.4) is 0 Å². The fourth-order valence-electron chi connectivity index (χ4n) is 2.79. The number of ether oxygens (including phenoxy) is 2. The van der Waals surface area contributed by atoms with Gasteiger partial charge in [0.05, 0.1) is 18.3 Å². The molecule has 2 saturated heterocycles. The van der Waals surface area contributed by atoms with Gasteiger partial charge >= 0.3 is 0 Å². The number of amides is 1. The Morgan fingerprint density at radius 3 is 2.94 bits per heavy atom. The van der Waals surface area contributed by atoms with Crippen LogP contribution in [0.1, 0.15) is 33.1 Å². The van der Waals surface area contributed by atoms with Gasteiger partial charge in [-0.25, -0.2) is 0 Å². The molecule has 2 unspecified atom stereocenters. The van der Waals surface area contributed by atoms with Gasteiger partial charge in [-0.3, -0.25) is 4.79 Å². The van der Waals surface area contributed by atoms with Gasteiger partial charge in [0, 0.05) is 13.0 Å². The Balaban J connectivity index is 1.80. The molecule has 2 heterocycles. The maximum atomic E-state index is 11.6. The average Bonchev–Trinajstić information content (AvgIpc) is 2.73. The second-order valence-electron chi connectivity index (χ2n) is 5.24. The first-order valence-corrected chi connectivity index (χ1v) is 6.93. The maximum absolute atomic E-state index is 11.6. The third-order valence-electron chi connectivity index (χ3n) is 3.81. The summed E-state index contributed by atoms with van der Waals surface area (Å²) in [7, 11) is 0. The summed E-state index contributed by atoms with van der Waals surface area (Å²) >= 11 is 0. The normalized spacial score (nSPS) is 28.2. The minimum atomic E-state index is -0.393. The van der Waals surface area contributed by atoms with Crippen molar-refractivity contribution in [2.75, 3.05) is 26.2 Å². The van der Waals surface area contributed by atoms with Gasteiger partial charge in [0.25, 0.3) is 0 Å². The van der Waals surface area contributed by atoms with Crippen molar-refractivity contribution in [1.29, 1.82) is 0 Å². The van der Waals surface area contributed by atoms with Crippen molar-refractivity contribution in [3.63, 3.8) is 0 Å². The van der Waals surface area contributed by atoms with E-state index < -0.39 is 6.10 Å². The predicted molar refractivity (Wildman–Crippen MR) is 68.4 cm³/mol. The third-order valence-corrected chi connectivity index (χ3v) is 3.81. The quantitative estimate of drug-likeness (QED) is 0.766. The summed E-state index contributed by atoms with van der Waals surface area (Å²) in [6.07, 6.45) is 2.67. The predicted octanol–water partition coefficient (Wildman–Crippen LogP) is 0.439. The summed E-state index contributed by atoms with van der Waals surface area (Å²) in [6.45, 7) is 7.00. The molecule has 2 N–H and O–H groups in total. The van der Waals surface area contributed by atoms with Crippen LogP contribution in [0.4, 0.5) is 0 Å². The molecule has 0 aromatic rings. The van der Waals surface area contributed by atoms with Gasteiger partial charge < -0.3 is 20.1 Å². The zero-order valence-corrected chi connectivity index (χ0v) is 11.3. The molecule has 0 bridgehead atoms. The second-order valence-corrected chi connectivity index (χ2v) is 5.24. The number of carbonyl (C=O) groups is 1. The van der Waals surface area contributed by atoms with Gasteiger partial charge in [0.1, 0.15) is 6.10 Å². The molecule has 2 fully saturated rings. The van der Waals surface area contributed by atoms with Gasteiger partial charge in [0.2, 0.25) is 5.91 Å². The lowest BCUT2D eigenvalue weighted by atomic mass is 9.89. The molecule has 2 rings (SSSR count). The van der Waals surface area contributed by atoms with E-state index in [4.69, 9.17) is 9.47 Å². The molecule has 0 aromatic carbocycles. The Morgan fingerprint density at radius 2 is 2.28 bits per heavy atom. The first-order valence-electron chi connectivity index (χ1n) is 6.93. The summed E-state index contributed by atoms with van der Waals surface area (Å²) in [5.74, 6) is -0.0382. The van der Waals surface area contributed by atoms with E-state index in [1.165, 1.54) is 0 Å². The molecule has 1 spiro atoms. The van der Waals surface area contributed by atoms with Gasteiger partial charge in [-0.2, -0.15) is 0 Å². The Morgan fingerprint density at radius 1 is 1.56 bits per heavy atom. The molecule has 2 aliphatic rings. The fraction of sp³-hybridized carbons (Fsp3) is 0.923. The molecule has 5 heteroatoms. The summed E-state index contributed by atoms with van der Waals surface area (Å²) in [6, 6.07) is 0. The van der Waals surface area contributed by atoms with Crippen LogP contribution in [0.2, 0.25) is 0 Å². The SMILES string of the molecule is CCNC(=O)C(C)OC1COC2(CCNCC2)C1. The molecule has 0 aliphatic carbocycles. The highest BCUT2D eigenvalue weighted by molar-refractivity contribution is 5.80. The monoisotopic (exact) mass is 256 g/mol. The van der Waals surface area contributed by atoms with Crippen LogP contribution in [-0.4, -0.2) is 50.0 Å². The van der Waals surface area contributed by atoms with Crippen molar-refractivity contribution in [2.24, 2.45) is 0 Å². The highest BCUT2D eigenvalue weighted by Crippen LogP contribution is 2.35. The lowest BCUT2D eigenvalue weighted by Crippen LogP contribution is -2.42. The summed E-state index contributed by atoms with van der Waals surface area (Å²) in [5.41, 5.74) is -0.00311. The smallest absolute Gasteiger partial charge is 0.248 e. The number of carbonyl (C=O) groups excluding carboxylic acids is 1. The molecular formula is C13H24N2O3. The van der Waals surface area contributed by atoms with Gasteiger partial charge in [-0.05, 0) is 39.8 Å². The minimum absolute atomic E-state index is 0.00311. The van der Waals surface area contributed by atoms with E-state index in [-0.39, 0.29) is 17.6 Å². The number of hydrogen-bond acceptors (Lipinski definition) is 4. The van der Waals surface area contributed by atoms with Crippen molar-refractivity contribution in [3.05, 3.63) is 0 Å². The van der Waals surface area contributed by atoms with Crippen LogP contribution in [0.15, 0.2) is 0 Å². The van der Waals surface area contributed by atoms with Crippen molar-refractivity contribution in [3.8, 4) is 0 Å². The zero-order valence-electron chi connectivity index (χ0n) is 11.3. The second kappa shape index (κ2) is 5.99. The minimum Gasteiger partial charge on any atom is -0.372 e. The van der Waals surface area contributed by atoms with E-state index in [1.807, 2.05) is 6.92 Å². The third kappa shape index (κ3) is 3.22. The molecule has 5 nitrogen and oxygen atoms in total. The van der Waals surface area contributed by atoms with Gasteiger partial charge in [-0.15, -0.1) is 0 Å². The Labute approximate surface area is 109 Å². The first-order chi connectivity index (χ1) is 8.65. The first kappa shape index (κ1) is 13.8. The highest BCUT2D eigenvalue weighted by Gasteiger charge is 2.42. The number of likely N-dealkylation sites (N-methyl/N-ethyl adjacent to an activating group) is 1. The average molecular weight is 256 g/mol. The maximum Gasteiger partial charge on any atom is 0.248 e. The van der Waals surface area contributed by atoms with E-state index in [1.54, 1.807) is 6.92 Å². The summed E-state index contributed by atoms with van der Waals surface area (Å²) in [5, 5.41) is 6.12. The molecule has 0 saturated carbocycles. The van der Waals surface area contributed by atoms with Crippen LogP contribution >= 0.6 is 0 Å². The number of hydrogen-bond donors (Lipinski definition) is 2. The van der Waals surface area contributed by atoms with Crippen LogP contribution < -0.4 is 10.6 Å². The van der Waals surface area contributed by atoms with E-state index in [9.17, 15) is 4.79 Å². The summed E-state index contributed by atoms with van der Waals surface area (Å²) < 4.78 is 11.7. The van der Waals surface area contributed by atoms with Crippen molar-refractivity contribution < 1.29 is 14.3 Å². The zero-order chi connectivity index (χ0) is 13.0.